The molecule has 0 saturated carbocycles. The molecule has 0 aliphatic carbocycles. The van der Waals surface area contributed by atoms with Crippen molar-refractivity contribution >= 4 is 17.4 Å². The maximum Gasteiger partial charge on any atom is 0.248 e. The Morgan fingerprint density at radius 1 is 1.30 bits per heavy atom. The molecule has 144 valence electrons. The number of hydrogen-bond donors (Lipinski definition) is 0. The van der Waals surface area contributed by atoms with Crippen molar-refractivity contribution in [2.24, 2.45) is 0 Å². The molecule has 0 radical (unpaired) electrons. The van der Waals surface area contributed by atoms with Crippen molar-refractivity contribution < 1.29 is 14.3 Å². The van der Waals surface area contributed by atoms with Crippen molar-refractivity contribution in [3.05, 3.63) is 18.5 Å². The van der Waals surface area contributed by atoms with E-state index in [2.05, 4.69) is 20.2 Å². The lowest BCUT2D eigenvalue weighted by atomic mass is 9.84. The second-order valence-electron chi connectivity index (χ2n) is 7.73. The highest BCUT2D eigenvalue weighted by Crippen LogP contribution is 2.37. The van der Waals surface area contributed by atoms with Crippen molar-refractivity contribution in [3.8, 4) is 0 Å². The molecule has 0 aromatic carbocycles. The van der Waals surface area contributed by atoms with E-state index in [1.54, 1.807) is 10.8 Å². The van der Waals surface area contributed by atoms with Gasteiger partial charge in [-0.15, -0.1) is 15.3 Å². The van der Waals surface area contributed by atoms with Crippen LogP contribution in [0.15, 0.2) is 18.5 Å². The Kier molecular flexibility index (Phi) is 4.20. The summed E-state index contributed by atoms with van der Waals surface area (Å²) in [5.74, 6) is 1.01. The molecule has 1 unspecified atom stereocenters. The molecule has 3 saturated heterocycles. The first-order valence-electron chi connectivity index (χ1n) is 9.66. The van der Waals surface area contributed by atoms with Crippen LogP contribution in [0.5, 0.6) is 0 Å². The van der Waals surface area contributed by atoms with Gasteiger partial charge in [-0.05, 0) is 31.4 Å². The predicted octanol–water partition coefficient (Wildman–Crippen LogP) is 0.501. The molecular weight excluding hydrogens is 348 g/mol. The lowest BCUT2D eigenvalue weighted by Gasteiger charge is -2.53. The van der Waals surface area contributed by atoms with Gasteiger partial charge < -0.3 is 19.3 Å². The summed E-state index contributed by atoms with van der Waals surface area (Å²) < 4.78 is 13.7. The second kappa shape index (κ2) is 6.72. The fourth-order valence-electron chi connectivity index (χ4n) is 4.29. The minimum Gasteiger partial charge on any atom is -0.371 e. The molecule has 5 rings (SSSR count). The van der Waals surface area contributed by atoms with Gasteiger partial charge in [0.2, 0.25) is 5.91 Å². The van der Waals surface area contributed by atoms with Crippen molar-refractivity contribution in [3.63, 3.8) is 0 Å². The smallest absolute Gasteiger partial charge is 0.248 e. The van der Waals surface area contributed by atoms with Crippen LogP contribution in [0.25, 0.3) is 5.65 Å². The summed E-state index contributed by atoms with van der Waals surface area (Å²) in [7, 11) is 0. The number of nitrogens with zero attached hydrogens (tertiary/aromatic N) is 6. The normalized spacial score (nSPS) is 24.5. The molecule has 2 aromatic rings. The summed E-state index contributed by atoms with van der Waals surface area (Å²) in [4.78, 5) is 16.3. The summed E-state index contributed by atoms with van der Waals surface area (Å²) in [6, 6.07) is 3.88. The van der Waals surface area contributed by atoms with Gasteiger partial charge >= 0.3 is 0 Å². The molecule has 2 aromatic heterocycles. The third-order valence-corrected chi connectivity index (χ3v) is 5.78. The highest BCUT2D eigenvalue weighted by molar-refractivity contribution is 5.77. The first kappa shape index (κ1) is 16.9. The zero-order valence-corrected chi connectivity index (χ0v) is 15.3. The largest absolute Gasteiger partial charge is 0.371 e. The second-order valence-corrected chi connectivity index (χ2v) is 7.73. The molecule has 5 heterocycles. The Bertz CT molecular complexity index is 827. The first-order valence-corrected chi connectivity index (χ1v) is 9.66. The summed E-state index contributed by atoms with van der Waals surface area (Å²) in [5.41, 5.74) is 0.544. The van der Waals surface area contributed by atoms with Crippen LogP contribution >= 0.6 is 0 Å². The Labute approximate surface area is 157 Å². The van der Waals surface area contributed by atoms with E-state index in [0.717, 1.165) is 63.3 Å². The fourth-order valence-corrected chi connectivity index (χ4v) is 4.29. The number of amides is 1. The topological polar surface area (TPSA) is 85.1 Å². The number of carbonyl (C=O) groups excluding carboxylic acids is 1. The third-order valence-electron chi connectivity index (χ3n) is 5.78. The standard InChI is InChI=1S/C18H24N6O3/c25-17(22-6-1-2-7-22)10-26-14-5-8-27-18(9-14)11-23(12-18)16-4-3-15-20-19-13-24(15)21-16/h3-4,13-14H,1-2,5-12H2. The Balaban J connectivity index is 1.16. The minimum absolute atomic E-state index is 0.0840. The number of anilines is 1. The number of aromatic nitrogens is 4. The minimum atomic E-state index is -0.191. The molecule has 0 N–H and O–H groups in total. The van der Waals surface area contributed by atoms with E-state index in [0.29, 0.717) is 6.61 Å². The lowest BCUT2D eigenvalue weighted by molar-refractivity contribution is -0.157. The van der Waals surface area contributed by atoms with E-state index in [9.17, 15) is 4.79 Å². The zero-order valence-electron chi connectivity index (χ0n) is 15.3. The van der Waals surface area contributed by atoms with Gasteiger partial charge in [0.05, 0.1) is 19.2 Å². The number of carbonyl (C=O) groups is 1. The van der Waals surface area contributed by atoms with E-state index in [1.165, 1.54) is 0 Å². The number of hydrogen-bond acceptors (Lipinski definition) is 7. The molecule has 1 amide bonds. The molecular formula is C18H24N6O3. The molecule has 1 spiro atoms. The molecule has 9 heteroatoms. The summed E-state index contributed by atoms with van der Waals surface area (Å²) in [5, 5.41) is 12.4. The SMILES string of the molecule is O=C(COC1CCOC2(C1)CN(c1ccc3nncn3n1)C2)N1CCCC1. The van der Waals surface area contributed by atoms with Crippen LogP contribution in [0, 0.1) is 0 Å². The van der Waals surface area contributed by atoms with Gasteiger partial charge in [-0.25, -0.2) is 0 Å². The van der Waals surface area contributed by atoms with E-state index >= 15 is 0 Å². The first-order chi connectivity index (χ1) is 13.2. The van der Waals surface area contributed by atoms with Crippen molar-refractivity contribution in [1.29, 1.82) is 0 Å². The maximum absolute atomic E-state index is 12.2. The Morgan fingerprint density at radius 2 is 2.15 bits per heavy atom. The summed E-state index contributed by atoms with van der Waals surface area (Å²) >= 11 is 0. The summed E-state index contributed by atoms with van der Waals surface area (Å²) in [6.07, 6.45) is 5.58. The van der Waals surface area contributed by atoms with Gasteiger partial charge in [-0.1, -0.05) is 0 Å². The lowest BCUT2D eigenvalue weighted by Crippen LogP contribution is -2.66. The van der Waals surface area contributed by atoms with Crippen molar-refractivity contribution in [2.75, 3.05) is 44.3 Å². The van der Waals surface area contributed by atoms with E-state index in [1.807, 2.05) is 17.0 Å². The maximum atomic E-state index is 12.2. The predicted molar refractivity (Wildman–Crippen MR) is 96.5 cm³/mol. The van der Waals surface area contributed by atoms with Crippen LogP contribution in [-0.2, 0) is 14.3 Å². The number of ether oxygens (including phenoxy) is 2. The monoisotopic (exact) mass is 372 g/mol. The number of rotatable bonds is 4. The number of fused-ring (bicyclic) bond motifs is 1. The van der Waals surface area contributed by atoms with Gasteiger partial charge in [0.25, 0.3) is 0 Å². The van der Waals surface area contributed by atoms with Gasteiger partial charge in [0, 0.05) is 26.1 Å². The fraction of sp³-hybridized carbons (Fsp3) is 0.667. The van der Waals surface area contributed by atoms with E-state index in [4.69, 9.17) is 9.47 Å². The highest BCUT2D eigenvalue weighted by atomic mass is 16.5. The van der Waals surface area contributed by atoms with Crippen LogP contribution in [-0.4, -0.2) is 81.7 Å². The average molecular weight is 372 g/mol. The summed E-state index contributed by atoms with van der Waals surface area (Å²) in [6.45, 7) is 4.18. The Morgan fingerprint density at radius 3 is 3.00 bits per heavy atom. The van der Waals surface area contributed by atoms with E-state index in [-0.39, 0.29) is 24.2 Å². The highest BCUT2D eigenvalue weighted by Gasteiger charge is 2.48. The van der Waals surface area contributed by atoms with Crippen LogP contribution in [0.3, 0.4) is 0 Å². The van der Waals surface area contributed by atoms with Gasteiger partial charge in [-0.3, -0.25) is 4.79 Å². The molecule has 9 nitrogen and oxygen atoms in total. The van der Waals surface area contributed by atoms with Crippen LogP contribution < -0.4 is 4.90 Å². The van der Waals surface area contributed by atoms with Crippen LogP contribution in [0.1, 0.15) is 25.7 Å². The molecule has 0 bridgehead atoms. The molecule has 3 fully saturated rings. The number of likely N-dealkylation sites (tertiary alicyclic amines) is 1. The van der Waals surface area contributed by atoms with Crippen LogP contribution in [0.2, 0.25) is 0 Å². The Hall–Kier alpha value is -2.26. The van der Waals surface area contributed by atoms with Crippen LogP contribution in [0.4, 0.5) is 5.82 Å². The van der Waals surface area contributed by atoms with Crippen molar-refractivity contribution in [2.45, 2.75) is 37.4 Å². The van der Waals surface area contributed by atoms with Crippen molar-refractivity contribution in [1.82, 2.24) is 24.7 Å². The molecule has 1 atom stereocenters. The average Bonchev–Trinajstić information content (AvgIpc) is 3.35. The molecule has 3 aliphatic rings. The quantitative estimate of drug-likeness (QED) is 0.773. The molecule has 27 heavy (non-hydrogen) atoms. The van der Waals surface area contributed by atoms with E-state index < -0.39 is 0 Å². The van der Waals surface area contributed by atoms with Gasteiger partial charge in [0.15, 0.2) is 5.65 Å². The molecule has 3 aliphatic heterocycles. The third kappa shape index (κ3) is 3.25. The van der Waals surface area contributed by atoms with Gasteiger partial charge in [0.1, 0.15) is 24.4 Å². The zero-order chi connectivity index (χ0) is 18.3. The van der Waals surface area contributed by atoms with Gasteiger partial charge in [-0.2, -0.15) is 4.52 Å².